The lowest BCUT2D eigenvalue weighted by molar-refractivity contribution is -0.136. The van der Waals surface area contributed by atoms with Gasteiger partial charge in [-0.3, -0.25) is 4.79 Å². The monoisotopic (exact) mass is 584 g/mol. The molecule has 0 bridgehead atoms. The number of hydrogen-bond donors (Lipinski definition) is 1. The van der Waals surface area contributed by atoms with E-state index in [-0.39, 0.29) is 12.4 Å². The Morgan fingerprint density at radius 2 is 1.79 bits per heavy atom. The summed E-state index contributed by atoms with van der Waals surface area (Å²) in [5, 5.41) is 12.7. The lowest BCUT2D eigenvalue weighted by Crippen LogP contribution is -2.29. The Hall–Kier alpha value is -4.35. The number of carbonyl (C=O) groups excluding carboxylic acids is 2. The number of halogens is 1. The van der Waals surface area contributed by atoms with E-state index in [1.807, 2.05) is 43.3 Å². The third-order valence-corrected chi connectivity index (χ3v) is 7.42. The molecule has 1 atom stereocenters. The molecular weight excluding hydrogens is 560 g/mol. The zero-order valence-electron chi connectivity index (χ0n) is 21.6. The molecular formula is C31H25BrN2O5. The van der Waals surface area contributed by atoms with Crippen molar-refractivity contribution < 1.29 is 23.8 Å². The van der Waals surface area contributed by atoms with Gasteiger partial charge in [0.05, 0.1) is 41.1 Å². The normalized spacial score (nSPS) is 15.8. The Labute approximate surface area is 234 Å². The van der Waals surface area contributed by atoms with E-state index in [1.165, 1.54) is 7.11 Å². The molecule has 196 valence electrons. The van der Waals surface area contributed by atoms with Crippen LogP contribution in [-0.2, 0) is 16.1 Å². The Morgan fingerprint density at radius 1 is 1.08 bits per heavy atom. The second-order valence-corrected chi connectivity index (χ2v) is 9.93. The van der Waals surface area contributed by atoms with Crippen molar-refractivity contribution in [1.29, 1.82) is 5.26 Å². The molecule has 1 aliphatic carbocycles. The summed E-state index contributed by atoms with van der Waals surface area (Å²) in [7, 11) is 1.33. The molecule has 0 saturated carbocycles. The van der Waals surface area contributed by atoms with Crippen LogP contribution in [0.15, 0.2) is 82.0 Å². The molecule has 3 aromatic rings. The lowest BCUT2D eigenvalue weighted by atomic mass is 9.79. The summed E-state index contributed by atoms with van der Waals surface area (Å²) < 4.78 is 17.9. The van der Waals surface area contributed by atoms with Gasteiger partial charge in [-0.1, -0.05) is 42.5 Å². The van der Waals surface area contributed by atoms with Crippen molar-refractivity contribution in [1.82, 2.24) is 5.32 Å². The second-order valence-electron chi connectivity index (χ2n) is 9.07. The Bertz CT molecular complexity index is 1620. The number of dihydropyridines is 1. The van der Waals surface area contributed by atoms with E-state index in [0.29, 0.717) is 61.8 Å². The van der Waals surface area contributed by atoms with Crippen LogP contribution in [0.2, 0.25) is 0 Å². The van der Waals surface area contributed by atoms with E-state index in [2.05, 4.69) is 27.3 Å². The highest BCUT2D eigenvalue weighted by molar-refractivity contribution is 9.10. The molecule has 1 N–H and O–H groups in total. The van der Waals surface area contributed by atoms with Gasteiger partial charge in [0.15, 0.2) is 17.3 Å². The summed E-state index contributed by atoms with van der Waals surface area (Å²) in [5.74, 6) is -0.463. The minimum atomic E-state index is -0.697. The van der Waals surface area contributed by atoms with E-state index in [4.69, 9.17) is 14.2 Å². The molecule has 8 heteroatoms. The molecule has 0 amide bonds. The van der Waals surface area contributed by atoms with E-state index in [0.717, 1.165) is 11.1 Å². The fourth-order valence-corrected chi connectivity index (χ4v) is 5.68. The average molecular weight is 585 g/mol. The third-order valence-electron chi connectivity index (χ3n) is 6.83. The van der Waals surface area contributed by atoms with Gasteiger partial charge in [-0.2, -0.15) is 5.26 Å². The van der Waals surface area contributed by atoms with Crippen molar-refractivity contribution in [2.45, 2.75) is 26.4 Å². The summed E-state index contributed by atoms with van der Waals surface area (Å²) in [4.78, 5) is 26.8. The number of ketones is 1. The number of allylic oxidation sites excluding steroid dienone is 2. The van der Waals surface area contributed by atoms with Gasteiger partial charge in [0.1, 0.15) is 6.61 Å². The van der Waals surface area contributed by atoms with Crippen molar-refractivity contribution in [3.63, 3.8) is 0 Å². The molecule has 2 aliphatic rings. The number of carbonyl (C=O) groups is 2. The second kappa shape index (κ2) is 10.8. The summed E-state index contributed by atoms with van der Waals surface area (Å²) in [6, 6.07) is 20.4. The standard InChI is InChI=1S/C31H25BrN2O5/c1-4-38-24-14-20(13-23(32)30(24)39-16-19-10-6-5-9-18(19)15-33)26-25(31(36)37-3)17(2)34-28-21-11-7-8-12-22(21)29(35)27(26)28/h5-14,26,34H,4,16H2,1-3H3/t26-/m1/s1. The van der Waals surface area contributed by atoms with Crippen LogP contribution < -0.4 is 14.8 Å². The molecule has 0 saturated heterocycles. The predicted molar refractivity (Wildman–Crippen MR) is 149 cm³/mol. The van der Waals surface area contributed by atoms with E-state index in [1.54, 1.807) is 31.2 Å². The Balaban J connectivity index is 1.62. The number of benzene rings is 3. The van der Waals surface area contributed by atoms with E-state index in [9.17, 15) is 14.9 Å². The zero-order valence-corrected chi connectivity index (χ0v) is 23.2. The van der Waals surface area contributed by atoms with Crippen LogP contribution in [0.3, 0.4) is 0 Å². The lowest BCUT2D eigenvalue weighted by Gasteiger charge is -2.29. The average Bonchev–Trinajstić information content (AvgIpc) is 3.22. The first-order chi connectivity index (χ1) is 18.9. The number of fused-ring (bicyclic) bond motifs is 2. The van der Waals surface area contributed by atoms with Gasteiger partial charge in [-0.15, -0.1) is 0 Å². The van der Waals surface area contributed by atoms with Crippen LogP contribution in [0.25, 0.3) is 5.70 Å². The number of esters is 1. The minimum Gasteiger partial charge on any atom is -0.490 e. The topological polar surface area (TPSA) is 97.7 Å². The van der Waals surface area contributed by atoms with Crippen molar-refractivity contribution in [2.24, 2.45) is 0 Å². The maximum atomic E-state index is 13.7. The highest BCUT2D eigenvalue weighted by atomic mass is 79.9. The molecule has 1 aliphatic heterocycles. The van der Waals surface area contributed by atoms with Gasteiger partial charge in [0.2, 0.25) is 0 Å². The van der Waals surface area contributed by atoms with Crippen molar-refractivity contribution in [3.8, 4) is 17.6 Å². The molecule has 0 fully saturated rings. The van der Waals surface area contributed by atoms with Gasteiger partial charge in [0.25, 0.3) is 0 Å². The first-order valence-electron chi connectivity index (χ1n) is 12.4. The maximum absolute atomic E-state index is 13.7. The van der Waals surface area contributed by atoms with Crippen LogP contribution >= 0.6 is 15.9 Å². The molecule has 7 nitrogen and oxygen atoms in total. The SMILES string of the molecule is CCOc1cc([C@@H]2C(C(=O)OC)=C(C)NC3=C2C(=O)c2ccccc23)cc(Br)c1OCc1ccccc1C#N. The number of hydrogen-bond acceptors (Lipinski definition) is 7. The fourth-order valence-electron chi connectivity index (χ4n) is 5.11. The molecule has 39 heavy (non-hydrogen) atoms. The van der Waals surface area contributed by atoms with Crippen molar-refractivity contribution in [2.75, 3.05) is 13.7 Å². The summed E-state index contributed by atoms with van der Waals surface area (Å²) in [6.45, 7) is 4.19. The number of nitrogens with one attached hydrogen (secondary N) is 1. The molecule has 0 unspecified atom stereocenters. The van der Waals surface area contributed by atoms with Crippen LogP contribution in [-0.4, -0.2) is 25.5 Å². The Kier molecular flexibility index (Phi) is 7.27. The molecule has 1 heterocycles. The van der Waals surface area contributed by atoms with Crippen LogP contribution in [0, 0.1) is 11.3 Å². The number of nitriles is 1. The quantitative estimate of drug-likeness (QED) is 0.338. The molecule has 0 radical (unpaired) electrons. The highest BCUT2D eigenvalue weighted by Crippen LogP contribution is 2.49. The van der Waals surface area contributed by atoms with Crippen molar-refractivity contribution >= 4 is 33.4 Å². The number of rotatable bonds is 7. The van der Waals surface area contributed by atoms with Crippen molar-refractivity contribution in [3.05, 3.63) is 110 Å². The van der Waals surface area contributed by atoms with Gasteiger partial charge in [-0.25, -0.2) is 4.79 Å². The maximum Gasteiger partial charge on any atom is 0.336 e. The largest absolute Gasteiger partial charge is 0.490 e. The van der Waals surface area contributed by atoms with Crippen LogP contribution in [0.5, 0.6) is 11.5 Å². The summed E-state index contributed by atoms with van der Waals surface area (Å²) >= 11 is 3.63. The number of nitrogens with zero attached hydrogens (tertiary/aromatic N) is 1. The van der Waals surface area contributed by atoms with E-state index >= 15 is 0 Å². The van der Waals surface area contributed by atoms with Gasteiger partial charge in [0, 0.05) is 33.9 Å². The first kappa shape index (κ1) is 26.3. The van der Waals surface area contributed by atoms with Crippen LogP contribution in [0.4, 0.5) is 0 Å². The number of Topliss-reactive ketones (excluding diaryl/α,β-unsaturated/α-hetero) is 1. The summed E-state index contributed by atoms with van der Waals surface area (Å²) in [5.41, 5.74) is 5.45. The van der Waals surface area contributed by atoms with E-state index < -0.39 is 11.9 Å². The zero-order chi connectivity index (χ0) is 27.7. The molecule has 0 spiro atoms. The molecule has 3 aromatic carbocycles. The number of methoxy groups -OCH3 is 1. The fraction of sp³-hybridized carbons (Fsp3) is 0.194. The third kappa shape index (κ3) is 4.59. The number of ether oxygens (including phenoxy) is 3. The van der Waals surface area contributed by atoms with Gasteiger partial charge < -0.3 is 19.5 Å². The smallest absolute Gasteiger partial charge is 0.336 e. The molecule has 0 aromatic heterocycles. The molecule has 5 rings (SSSR count). The highest BCUT2D eigenvalue weighted by Gasteiger charge is 2.43. The van der Waals surface area contributed by atoms with Gasteiger partial charge >= 0.3 is 5.97 Å². The van der Waals surface area contributed by atoms with Gasteiger partial charge in [-0.05, 0) is 53.5 Å². The van der Waals surface area contributed by atoms with Crippen LogP contribution in [0.1, 0.15) is 52.4 Å². The minimum absolute atomic E-state index is 0.144. The first-order valence-corrected chi connectivity index (χ1v) is 13.2. The summed E-state index contributed by atoms with van der Waals surface area (Å²) in [6.07, 6.45) is 0. The Morgan fingerprint density at radius 3 is 2.51 bits per heavy atom. The predicted octanol–water partition coefficient (Wildman–Crippen LogP) is 6.04.